The first-order valence-electron chi connectivity index (χ1n) is 9.14. The highest BCUT2D eigenvalue weighted by atomic mass is 16.3. The van der Waals surface area contributed by atoms with Gasteiger partial charge in [0, 0.05) is 11.6 Å². The molecule has 128 valence electrons. The van der Waals surface area contributed by atoms with Crippen molar-refractivity contribution in [2.24, 2.45) is 0 Å². The molecule has 0 aliphatic heterocycles. The van der Waals surface area contributed by atoms with E-state index in [1.165, 1.54) is 51.7 Å². The van der Waals surface area contributed by atoms with E-state index in [1.807, 2.05) is 0 Å². The van der Waals surface area contributed by atoms with Gasteiger partial charge < -0.3 is 15.3 Å². The van der Waals surface area contributed by atoms with Crippen molar-refractivity contribution in [1.29, 1.82) is 0 Å². The lowest BCUT2D eigenvalue weighted by Crippen LogP contribution is -2.51. The number of aliphatic hydroxyl groups is 1. The zero-order chi connectivity index (χ0) is 16.1. The summed E-state index contributed by atoms with van der Waals surface area (Å²) in [6.07, 6.45) is 8.36. The Balaban J connectivity index is 4.28. The van der Waals surface area contributed by atoms with Crippen LogP contribution in [0.4, 0.5) is 0 Å². The van der Waals surface area contributed by atoms with Crippen LogP contribution >= 0.6 is 0 Å². The maximum Gasteiger partial charge on any atom is 0.0613 e. The zero-order valence-electron chi connectivity index (χ0n) is 15.2. The molecule has 3 nitrogen and oxygen atoms in total. The summed E-state index contributed by atoms with van der Waals surface area (Å²) in [4.78, 5) is 2.61. The first-order chi connectivity index (χ1) is 10.0. The van der Waals surface area contributed by atoms with Crippen molar-refractivity contribution in [3.8, 4) is 0 Å². The summed E-state index contributed by atoms with van der Waals surface area (Å²) in [7, 11) is 0. The van der Waals surface area contributed by atoms with Gasteiger partial charge in [0.05, 0.1) is 6.61 Å². The number of nitrogens with one attached hydrogen (secondary N) is 1. The largest absolute Gasteiger partial charge is 0.394 e. The molecule has 0 radical (unpaired) electrons. The second-order valence-corrected chi connectivity index (χ2v) is 6.74. The molecule has 2 N–H and O–H groups in total. The zero-order valence-corrected chi connectivity index (χ0v) is 15.2. The molecule has 1 atom stereocenters. The number of hydrogen-bond acceptors (Lipinski definition) is 3. The topological polar surface area (TPSA) is 35.5 Å². The predicted octanol–water partition coefficient (Wildman–Crippen LogP) is 3.81. The normalized spacial score (nSPS) is 14.9. The molecule has 0 aliphatic carbocycles. The van der Waals surface area contributed by atoms with E-state index in [4.69, 9.17) is 0 Å². The molecule has 0 spiro atoms. The fourth-order valence-electron chi connectivity index (χ4n) is 2.94. The van der Waals surface area contributed by atoms with Gasteiger partial charge in [-0.25, -0.2) is 0 Å². The average molecular weight is 301 g/mol. The van der Waals surface area contributed by atoms with Crippen LogP contribution in [0.25, 0.3) is 0 Å². The molecule has 0 aromatic carbocycles. The Kier molecular flexibility index (Phi) is 12.4. The van der Waals surface area contributed by atoms with Gasteiger partial charge in [0.2, 0.25) is 0 Å². The molecule has 0 aromatic rings. The van der Waals surface area contributed by atoms with E-state index in [0.29, 0.717) is 6.04 Å². The molecule has 0 saturated carbocycles. The summed E-state index contributed by atoms with van der Waals surface area (Å²) in [5, 5.41) is 13.4. The molecule has 0 aromatic heterocycles. The monoisotopic (exact) mass is 300 g/mol. The third kappa shape index (κ3) is 9.49. The van der Waals surface area contributed by atoms with Gasteiger partial charge in [-0.15, -0.1) is 0 Å². The summed E-state index contributed by atoms with van der Waals surface area (Å²) in [5.74, 6) is 0. The van der Waals surface area contributed by atoms with Gasteiger partial charge in [-0.1, -0.05) is 47.5 Å². The SMILES string of the molecule is CCCCN(CCCC)CCCC(CC)(CO)NC(C)C. The number of nitrogens with zero attached hydrogens (tertiary/aromatic N) is 1. The van der Waals surface area contributed by atoms with Crippen molar-refractivity contribution in [3.05, 3.63) is 0 Å². The molecule has 0 saturated heterocycles. The lowest BCUT2D eigenvalue weighted by atomic mass is 9.90. The Hall–Kier alpha value is -0.120. The van der Waals surface area contributed by atoms with Crippen molar-refractivity contribution in [2.45, 2.75) is 91.1 Å². The van der Waals surface area contributed by atoms with E-state index < -0.39 is 0 Å². The molecular weight excluding hydrogens is 260 g/mol. The molecule has 0 rings (SSSR count). The lowest BCUT2D eigenvalue weighted by Gasteiger charge is -2.35. The minimum atomic E-state index is -0.0879. The molecule has 1 unspecified atom stereocenters. The first-order valence-corrected chi connectivity index (χ1v) is 9.14. The van der Waals surface area contributed by atoms with E-state index >= 15 is 0 Å². The number of unbranched alkanes of at least 4 members (excludes halogenated alkanes) is 2. The second kappa shape index (κ2) is 12.4. The van der Waals surface area contributed by atoms with Gasteiger partial charge in [-0.3, -0.25) is 0 Å². The maximum atomic E-state index is 9.80. The van der Waals surface area contributed by atoms with Gasteiger partial charge in [-0.05, 0) is 51.7 Å². The van der Waals surface area contributed by atoms with Crippen molar-refractivity contribution >= 4 is 0 Å². The summed E-state index contributed by atoms with van der Waals surface area (Å²) in [6, 6.07) is 0.424. The fourth-order valence-corrected chi connectivity index (χ4v) is 2.94. The van der Waals surface area contributed by atoms with E-state index in [1.54, 1.807) is 0 Å². The number of aliphatic hydroxyl groups excluding tert-OH is 1. The Morgan fingerprint density at radius 1 is 0.952 bits per heavy atom. The van der Waals surface area contributed by atoms with Crippen LogP contribution in [0.2, 0.25) is 0 Å². The predicted molar refractivity (Wildman–Crippen MR) is 93.9 cm³/mol. The third-order valence-electron chi connectivity index (χ3n) is 4.36. The quantitative estimate of drug-likeness (QED) is 0.512. The number of hydrogen-bond donors (Lipinski definition) is 2. The van der Waals surface area contributed by atoms with Crippen LogP contribution in [-0.4, -0.2) is 47.8 Å². The Labute approximate surface area is 133 Å². The molecule has 0 fully saturated rings. The molecule has 3 heteroatoms. The average Bonchev–Trinajstić information content (AvgIpc) is 2.47. The molecule has 0 amide bonds. The van der Waals surface area contributed by atoms with Gasteiger partial charge in [0.15, 0.2) is 0 Å². The second-order valence-electron chi connectivity index (χ2n) is 6.74. The third-order valence-corrected chi connectivity index (χ3v) is 4.36. The van der Waals surface area contributed by atoms with Crippen LogP contribution in [0.1, 0.15) is 79.6 Å². The Morgan fingerprint density at radius 3 is 1.86 bits per heavy atom. The van der Waals surface area contributed by atoms with Crippen molar-refractivity contribution in [1.82, 2.24) is 10.2 Å². The highest BCUT2D eigenvalue weighted by Gasteiger charge is 2.27. The summed E-state index contributed by atoms with van der Waals surface area (Å²) in [5.41, 5.74) is -0.0879. The standard InChI is InChI=1S/C18H40N2O/c1-6-9-13-20(14-10-7-2)15-11-12-18(8-3,16-21)19-17(4)5/h17,19,21H,6-16H2,1-5H3. The smallest absolute Gasteiger partial charge is 0.0613 e. The fraction of sp³-hybridized carbons (Fsp3) is 1.00. The summed E-state index contributed by atoms with van der Waals surface area (Å²) < 4.78 is 0. The minimum absolute atomic E-state index is 0.0879. The van der Waals surface area contributed by atoms with Crippen LogP contribution in [-0.2, 0) is 0 Å². The van der Waals surface area contributed by atoms with Crippen LogP contribution in [0.15, 0.2) is 0 Å². The van der Waals surface area contributed by atoms with Crippen molar-refractivity contribution < 1.29 is 5.11 Å². The van der Waals surface area contributed by atoms with Crippen LogP contribution in [0.3, 0.4) is 0 Å². The van der Waals surface area contributed by atoms with E-state index in [-0.39, 0.29) is 12.1 Å². The Bertz CT molecular complexity index is 219. The van der Waals surface area contributed by atoms with E-state index in [9.17, 15) is 5.11 Å². The van der Waals surface area contributed by atoms with Crippen LogP contribution < -0.4 is 5.32 Å². The highest BCUT2D eigenvalue weighted by molar-refractivity contribution is 4.87. The molecule has 0 aliphatic rings. The minimum Gasteiger partial charge on any atom is -0.394 e. The molecule has 21 heavy (non-hydrogen) atoms. The molecule has 0 bridgehead atoms. The summed E-state index contributed by atoms with van der Waals surface area (Å²) >= 11 is 0. The van der Waals surface area contributed by atoms with Gasteiger partial charge in [0.1, 0.15) is 0 Å². The van der Waals surface area contributed by atoms with Gasteiger partial charge in [0.25, 0.3) is 0 Å². The van der Waals surface area contributed by atoms with Crippen molar-refractivity contribution in [3.63, 3.8) is 0 Å². The van der Waals surface area contributed by atoms with Crippen molar-refractivity contribution in [2.75, 3.05) is 26.2 Å². The lowest BCUT2D eigenvalue weighted by molar-refractivity contribution is 0.129. The van der Waals surface area contributed by atoms with E-state index in [2.05, 4.69) is 44.8 Å². The molecule has 0 heterocycles. The first kappa shape index (κ1) is 20.9. The van der Waals surface area contributed by atoms with Gasteiger partial charge in [-0.2, -0.15) is 0 Å². The maximum absolute atomic E-state index is 9.80. The molecular formula is C18H40N2O. The van der Waals surface area contributed by atoms with Gasteiger partial charge >= 0.3 is 0 Å². The van der Waals surface area contributed by atoms with Crippen LogP contribution in [0.5, 0.6) is 0 Å². The summed E-state index contributed by atoms with van der Waals surface area (Å²) in [6.45, 7) is 14.9. The number of rotatable bonds is 14. The van der Waals surface area contributed by atoms with E-state index in [0.717, 1.165) is 12.8 Å². The highest BCUT2D eigenvalue weighted by Crippen LogP contribution is 2.18. The Morgan fingerprint density at radius 2 is 1.48 bits per heavy atom. The van der Waals surface area contributed by atoms with Crippen LogP contribution in [0, 0.1) is 0 Å².